The van der Waals surface area contributed by atoms with Gasteiger partial charge in [0.1, 0.15) is 12.4 Å². The van der Waals surface area contributed by atoms with E-state index >= 15 is 0 Å². The van der Waals surface area contributed by atoms with Crippen molar-refractivity contribution in [1.29, 1.82) is 0 Å². The van der Waals surface area contributed by atoms with E-state index in [1.54, 1.807) is 36.4 Å². The Kier molecular flexibility index (Phi) is 6.82. The first-order valence-corrected chi connectivity index (χ1v) is 12.0. The molecule has 4 aromatic rings. The van der Waals surface area contributed by atoms with Crippen LogP contribution in [-0.4, -0.2) is 30.2 Å². The van der Waals surface area contributed by atoms with E-state index < -0.39 is 24.4 Å². The summed E-state index contributed by atoms with van der Waals surface area (Å²) in [6.07, 6.45) is 0. The number of Topliss-reactive ketones (excluding diaryl/α,β-unsaturated/α-hetero) is 1. The highest BCUT2D eigenvalue weighted by atomic mass is 16.5. The van der Waals surface area contributed by atoms with Gasteiger partial charge in [-0.05, 0) is 67.1 Å². The predicted octanol–water partition coefficient (Wildman–Crippen LogP) is 5.41. The first-order chi connectivity index (χ1) is 18.4. The molecule has 0 N–H and O–H groups in total. The summed E-state index contributed by atoms with van der Waals surface area (Å²) in [5, 5.41) is 0. The van der Waals surface area contributed by atoms with Crippen LogP contribution in [0.25, 0.3) is 0 Å². The molecule has 1 heterocycles. The zero-order valence-electron chi connectivity index (χ0n) is 20.5. The second-order valence-corrected chi connectivity index (χ2v) is 8.84. The number of carbonyl (C=O) groups is 4. The lowest BCUT2D eigenvalue weighted by Gasteiger charge is -2.13. The van der Waals surface area contributed by atoms with Crippen LogP contribution in [0.15, 0.2) is 97.1 Å². The van der Waals surface area contributed by atoms with Crippen molar-refractivity contribution >= 4 is 29.3 Å². The van der Waals surface area contributed by atoms with E-state index in [9.17, 15) is 19.2 Å². The molecule has 0 radical (unpaired) electrons. The van der Waals surface area contributed by atoms with Crippen molar-refractivity contribution in [2.24, 2.45) is 0 Å². The van der Waals surface area contributed by atoms with Gasteiger partial charge in [-0.3, -0.25) is 14.4 Å². The van der Waals surface area contributed by atoms with Crippen molar-refractivity contribution in [3.05, 3.63) is 130 Å². The zero-order chi connectivity index (χ0) is 26.6. The summed E-state index contributed by atoms with van der Waals surface area (Å²) < 4.78 is 10.9. The number of imide groups is 1. The number of hydrogen-bond donors (Lipinski definition) is 0. The summed E-state index contributed by atoms with van der Waals surface area (Å²) in [7, 11) is 0. The molecule has 0 spiro atoms. The Morgan fingerprint density at radius 2 is 1.39 bits per heavy atom. The Morgan fingerprint density at radius 3 is 2.11 bits per heavy atom. The second kappa shape index (κ2) is 10.5. The van der Waals surface area contributed by atoms with E-state index in [1.165, 1.54) is 18.2 Å². The number of anilines is 1. The van der Waals surface area contributed by atoms with Crippen LogP contribution in [0.1, 0.15) is 52.6 Å². The molecule has 0 saturated carbocycles. The van der Waals surface area contributed by atoms with Crippen LogP contribution in [-0.2, 0) is 11.3 Å². The van der Waals surface area contributed by atoms with Crippen molar-refractivity contribution in [3.8, 4) is 5.75 Å². The number of hydrogen-bond acceptors (Lipinski definition) is 6. The third kappa shape index (κ3) is 5.08. The van der Waals surface area contributed by atoms with E-state index in [0.29, 0.717) is 23.6 Å². The highest BCUT2D eigenvalue weighted by molar-refractivity contribution is 6.34. The molecule has 0 atom stereocenters. The van der Waals surface area contributed by atoms with Crippen LogP contribution in [0.3, 0.4) is 0 Å². The topological polar surface area (TPSA) is 90.0 Å². The lowest BCUT2D eigenvalue weighted by atomic mass is 10.1. The highest BCUT2D eigenvalue weighted by Crippen LogP contribution is 2.29. The van der Waals surface area contributed by atoms with Gasteiger partial charge in [0.2, 0.25) is 0 Å². The Hall–Kier alpha value is -5.04. The molecule has 1 aliphatic rings. The molecular weight excluding hydrogens is 482 g/mol. The van der Waals surface area contributed by atoms with Crippen molar-refractivity contribution in [2.75, 3.05) is 11.5 Å². The summed E-state index contributed by atoms with van der Waals surface area (Å²) in [5.74, 6) is -1.52. The quantitative estimate of drug-likeness (QED) is 0.181. The van der Waals surface area contributed by atoms with E-state index in [2.05, 4.69) is 0 Å². The molecule has 0 bridgehead atoms. The number of esters is 1. The lowest BCUT2D eigenvalue weighted by molar-refractivity contribution is 0.0474. The number of nitrogens with zero attached hydrogens (tertiary/aromatic N) is 1. The number of aryl methyl sites for hydroxylation is 1. The van der Waals surface area contributed by atoms with Gasteiger partial charge in [-0.1, -0.05) is 48.0 Å². The minimum absolute atomic E-state index is 0.0770. The van der Waals surface area contributed by atoms with Gasteiger partial charge in [0.05, 0.1) is 22.4 Å². The van der Waals surface area contributed by atoms with Gasteiger partial charge in [0, 0.05) is 5.56 Å². The fraction of sp³-hybridized carbons (Fsp3) is 0.0968. The van der Waals surface area contributed by atoms with Crippen molar-refractivity contribution in [3.63, 3.8) is 0 Å². The standard InChI is InChI=1S/C31H23NO6/c1-20-7-12-24(13-8-20)32-29(34)26-16-11-23(17-27(26)30(32)35)31(36)38-19-28(33)22-9-14-25(15-10-22)37-18-21-5-3-2-4-6-21/h2-17H,18-19H2,1H3. The van der Waals surface area contributed by atoms with E-state index in [0.717, 1.165) is 16.0 Å². The highest BCUT2D eigenvalue weighted by Gasteiger charge is 2.37. The van der Waals surface area contributed by atoms with Crippen molar-refractivity contribution < 1.29 is 28.7 Å². The molecule has 188 valence electrons. The largest absolute Gasteiger partial charge is 0.489 e. The molecular formula is C31H23NO6. The van der Waals surface area contributed by atoms with E-state index in [4.69, 9.17) is 9.47 Å². The van der Waals surface area contributed by atoms with Crippen LogP contribution < -0.4 is 9.64 Å². The number of amides is 2. The average molecular weight is 506 g/mol. The Balaban J connectivity index is 1.20. The predicted molar refractivity (Wildman–Crippen MR) is 141 cm³/mol. The number of rotatable bonds is 8. The minimum atomic E-state index is -0.766. The zero-order valence-corrected chi connectivity index (χ0v) is 20.5. The minimum Gasteiger partial charge on any atom is -0.489 e. The summed E-state index contributed by atoms with van der Waals surface area (Å²) in [5.41, 5.74) is 3.24. The lowest BCUT2D eigenvalue weighted by Crippen LogP contribution is -2.29. The van der Waals surface area contributed by atoms with Gasteiger partial charge in [0.15, 0.2) is 12.4 Å². The third-order valence-electron chi connectivity index (χ3n) is 6.17. The smallest absolute Gasteiger partial charge is 0.338 e. The van der Waals surface area contributed by atoms with Crippen LogP contribution in [0.4, 0.5) is 5.69 Å². The molecule has 2 amide bonds. The maximum atomic E-state index is 13.0. The fourth-order valence-corrected chi connectivity index (χ4v) is 4.07. The average Bonchev–Trinajstić information content (AvgIpc) is 3.20. The molecule has 5 rings (SSSR count). The summed E-state index contributed by atoms with van der Waals surface area (Å²) >= 11 is 0. The number of fused-ring (bicyclic) bond motifs is 1. The van der Waals surface area contributed by atoms with Crippen LogP contribution in [0, 0.1) is 6.92 Å². The third-order valence-corrected chi connectivity index (χ3v) is 6.17. The van der Waals surface area contributed by atoms with Gasteiger partial charge in [0.25, 0.3) is 11.8 Å². The molecule has 0 unspecified atom stereocenters. The maximum Gasteiger partial charge on any atom is 0.338 e. The van der Waals surface area contributed by atoms with E-state index in [-0.39, 0.29) is 22.5 Å². The van der Waals surface area contributed by atoms with Crippen LogP contribution in [0.2, 0.25) is 0 Å². The molecule has 0 fully saturated rings. The van der Waals surface area contributed by atoms with Gasteiger partial charge >= 0.3 is 5.97 Å². The first-order valence-electron chi connectivity index (χ1n) is 12.0. The van der Waals surface area contributed by atoms with Gasteiger partial charge in [-0.15, -0.1) is 0 Å². The number of benzene rings is 4. The summed E-state index contributed by atoms with van der Waals surface area (Å²) in [4.78, 5) is 52.0. The van der Waals surface area contributed by atoms with Crippen LogP contribution in [0.5, 0.6) is 5.75 Å². The Bertz CT molecular complexity index is 1530. The number of carbonyl (C=O) groups excluding carboxylic acids is 4. The normalized spacial score (nSPS) is 12.3. The molecule has 0 aliphatic carbocycles. The first kappa shape index (κ1) is 24.6. The molecule has 1 aliphatic heterocycles. The second-order valence-electron chi connectivity index (χ2n) is 8.84. The molecule has 7 heteroatoms. The summed E-state index contributed by atoms with van der Waals surface area (Å²) in [6.45, 7) is 1.84. The maximum absolute atomic E-state index is 13.0. The van der Waals surface area contributed by atoms with Crippen LogP contribution >= 0.6 is 0 Å². The fourth-order valence-electron chi connectivity index (χ4n) is 4.07. The van der Waals surface area contributed by atoms with Gasteiger partial charge in [-0.2, -0.15) is 0 Å². The number of ketones is 1. The monoisotopic (exact) mass is 505 g/mol. The molecule has 4 aromatic carbocycles. The molecule has 0 aromatic heterocycles. The molecule has 38 heavy (non-hydrogen) atoms. The van der Waals surface area contributed by atoms with Gasteiger partial charge in [-0.25, -0.2) is 9.69 Å². The molecule has 0 saturated heterocycles. The van der Waals surface area contributed by atoms with Crippen molar-refractivity contribution in [1.82, 2.24) is 0 Å². The Morgan fingerprint density at radius 1 is 0.737 bits per heavy atom. The SMILES string of the molecule is Cc1ccc(N2C(=O)c3ccc(C(=O)OCC(=O)c4ccc(OCc5ccccc5)cc4)cc3C2=O)cc1. The Labute approximate surface area is 219 Å². The molecule has 7 nitrogen and oxygen atoms in total. The van der Waals surface area contributed by atoms with E-state index in [1.807, 2.05) is 49.4 Å². The summed E-state index contributed by atoms with van der Waals surface area (Å²) in [6, 6.07) is 27.5. The van der Waals surface area contributed by atoms with Crippen molar-refractivity contribution in [2.45, 2.75) is 13.5 Å². The number of ether oxygens (including phenoxy) is 2. The van der Waals surface area contributed by atoms with Gasteiger partial charge < -0.3 is 9.47 Å².